The zero-order valence-electron chi connectivity index (χ0n) is 5.13. The lowest BCUT2D eigenvalue weighted by molar-refractivity contribution is 0.153. The molecule has 0 radical (unpaired) electrons. The molecule has 0 aliphatic carbocycles. The van der Waals surface area contributed by atoms with E-state index in [4.69, 9.17) is 9.94 Å². The van der Waals surface area contributed by atoms with Gasteiger partial charge in [0, 0.05) is 13.0 Å². The maximum atomic E-state index is 8.29. The van der Waals surface area contributed by atoms with E-state index in [1.165, 1.54) is 0 Å². The molecule has 0 aromatic heterocycles. The Labute approximate surface area is 53.5 Å². The van der Waals surface area contributed by atoms with Gasteiger partial charge in [0.1, 0.15) is 5.84 Å². The number of nitrogens with zero attached hydrogens (tertiary/aromatic N) is 1. The van der Waals surface area contributed by atoms with Crippen LogP contribution in [0.2, 0.25) is 0 Å². The summed E-state index contributed by atoms with van der Waals surface area (Å²) in [5.74, 6) is 0.618. The highest BCUT2D eigenvalue weighted by atomic mass is 16.5. The Bertz CT molecular complexity index is 104. The highest BCUT2D eigenvalue weighted by molar-refractivity contribution is 5.81. The lowest BCUT2D eigenvalue weighted by Crippen LogP contribution is -2.23. The Morgan fingerprint density at radius 2 is 2.44 bits per heavy atom. The van der Waals surface area contributed by atoms with Gasteiger partial charge in [0.2, 0.25) is 0 Å². The Morgan fingerprint density at radius 1 is 1.56 bits per heavy atom. The van der Waals surface area contributed by atoms with E-state index < -0.39 is 0 Å². The normalized spacial score (nSPS) is 25.1. The first-order valence-corrected chi connectivity index (χ1v) is 2.96. The summed E-state index contributed by atoms with van der Waals surface area (Å²) in [5, 5.41) is 14.2. The molecule has 1 saturated heterocycles. The van der Waals surface area contributed by atoms with Gasteiger partial charge in [0.05, 0.1) is 13.2 Å². The molecular weight excluding hydrogens is 120 g/mol. The fourth-order valence-electron chi connectivity index (χ4n) is 0.712. The van der Waals surface area contributed by atoms with Gasteiger partial charge in [0.25, 0.3) is 0 Å². The van der Waals surface area contributed by atoms with Crippen molar-refractivity contribution in [2.75, 3.05) is 19.8 Å². The van der Waals surface area contributed by atoms with Crippen LogP contribution in [0.15, 0.2) is 5.16 Å². The van der Waals surface area contributed by atoms with Crippen LogP contribution in [0.3, 0.4) is 0 Å². The third-order valence-corrected chi connectivity index (χ3v) is 1.18. The molecule has 4 nitrogen and oxygen atoms in total. The molecule has 0 spiro atoms. The summed E-state index contributed by atoms with van der Waals surface area (Å²) < 4.78 is 5.07. The maximum absolute atomic E-state index is 8.29. The molecule has 2 N–H and O–H groups in total. The zero-order chi connectivity index (χ0) is 6.53. The maximum Gasteiger partial charge on any atom is 0.144 e. The van der Waals surface area contributed by atoms with Crippen molar-refractivity contribution in [3.63, 3.8) is 0 Å². The number of hydrogen-bond donors (Lipinski definition) is 2. The van der Waals surface area contributed by atoms with Crippen LogP contribution >= 0.6 is 0 Å². The minimum Gasteiger partial charge on any atom is -0.409 e. The van der Waals surface area contributed by atoms with Gasteiger partial charge in [-0.05, 0) is 0 Å². The third kappa shape index (κ3) is 1.89. The van der Waals surface area contributed by atoms with Crippen LogP contribution in [0.4, 0.5) is 0 Å². The van der Waals surface area contributed by atoms with E-state index in [1.807, 2.05) is 0 Å². The quantitative estimate of drug-likeness (QED) is 0.352. The minimum absolute atomic E-state index is 0.618. The van der Waals surface area contributed by atoms with Crippen molar-refractivity contribution in [1.82, 2.24) is 5.32 Å². The number of rotatable bonds is 0. The molecule has 52 valence electrons. The third-order valence-electron chi connectivity index (χ3n) is 1.18. The predicted octanol–water partition coefficient (Wildman–Crippen LogP) is -0.216. The Hall–Kier alpha value is -0.770. The summed E-state index contributed by atoms with van der Waals surface area (Å²) >= 11 is 0. The largest absolute Gasteiger partial charge is 0.409 e. The van der Waals surface area contributed by atoms with Crippen molar-refractivity contribution in [2.45, 2.75) is 6.42 Å². The van der Waals surface area contributed by atoms with Gasteiger partial charge in [-0.2, -0.15) is 0 Å². The molecule has 0 aromatic carbocycles. The van der Waals surface area contributed by atoms with Crippen LogP contribution in [0, 0.1) is 0 Å². The van der Waals surface area contributed by atoms with Crippen LogP contribution in [0.1, 0.15) is 6.42 Å². The summed E-state index contributed by atoms with van der Waals surface area (Å²) in [5.41, 5.74) is 0. The molecular formula is C5H10N2O2. The average Bonchev–Trinajstić information content (AvgIpc) is 2.13. The van der Waals surface area contributed by atoms with E-state index in [-0.39, 0.29) is 0 Å². The first-order chi connectivity index (χ1) is 4.43. The second-order valence-corrected chi connectivity index (χ2v) is 1.84. The van der Waals surface area contributed by atoms with Crippen molar-refractivity contribution in [1.29, 1.82) is 0 Å². The highest BCUT2D eigenvalue weighted by Gasteiger charge is 2.02. The lowest BCUT2D eigenvalue weighted by Gasteiger charge is -1.97. The van der Waals surface area contributed by atoms with Gasteiger partial charge in [-0.25, -0.2) is 0 Å². The summed E-state index contributed by atoms with van der Waals surface area (Å²) in [4.78, 5) is 0. The Kier molecular flexibility index (Phi) is 2.32. The number of oxime groups is 1. The summed E-state index contributed by atoms with van der Waals surface area (Å²) in [6.07, 6.45) is 0.677. The van der Waals surface area contributed by atoms with Crippen LogP contribution in [0.5, 0.6) is 0 Å². The monoisotopic (exact) mass is 130 g/mol. The van der Waals surface area contributed by atoms with E-state index in [2.05, 4.69) is 10.5 Å². The van der Waals surface area contributed by atoms with Crippen LogP contribution in [0.25, 0.3) is 0 Å². The van der Waals surface area contributed by atoms with E-state index in [0.29, 0.717) is 25.5 Å². The van der Waals surface area contributed by atoms with Crippen LogP contribution in [-0.4, -0.2) is 30.8 Å². The lowest BCUT2D eigenvalue weighted by atomic mass is 10.4. The van der Waals surface area contributed by atoms with Crippen LogP contribution in [-0.2, 0) is 4.74 Å². The smallest absolute Gasteiger partial charge is 0.144 e. The second-order valence-electron chi connectivity index (χ2n) is 1.84. The SMILES string of the molecule is O/N=C1\CCOCCN1. The Morgan fingerprint density at radius 3 is 3.22 bits per heavy atom. The van der Waals surface area contributed by atoms with E-state index in [1.54, 1.807) is 0 Å². The molecule has 1 aliphatic rings. The number of ether oxygens (including phenoxy) is 1. The molecule has 1 heterocycles. The molecule has 9 heavy (non-hydrogen) atoms. The van der Waals surface area contributed by atoms with Crippen molar-refractivity contribution in [3.05, 3.63) is 0 Å². The van der Waals surface area contributed by atoms with Gasteiger partial charge in [-0.3, -0.25) is 0 Å². The molecule has 0 saturated carbocycles. The van der Waals surface area contributed by atoms with Crippen molar-refractivity contribution < 1.29 is 9.94 Å². The molecule has 1 rings (SSSR count). The van der Waals surface area contributed by atoms with Crippen LogP contribution < -0.4 is 5.32 Å². The van der Waals surface area contributed by atoms with Gasteiger partial charge >= 0.3 is 0 Å². The first kappa shape index (κ1) is 6.35. The molecule has 1 fully saturated rings. The number of hydrogen-bond acceptors (Lipinski definition) is 3. The highest BCUT2D eigenvalue weighted by Crippen LogP contribution is 1.89. The molecule has 0 unspecified atom stereocenters. The predicted molar refractivity (Wildman–Crippen MR) is 32.7 cm³/mol. The number of amidine groups is 1. The summed E-state index contributed by atoms with van der Waals surface area (Å²) in [6, 6.07) is 0. The van der Waals surface area contributed by atoms with Gasteiger partial charge in [0.15, 0.2) is 0 Å². The molecule has 0 aromatic rings. The molecule has 0 atom stereocenters. The van der Waals surface area contributed by atoms with E-state index >= 15 is 0 Å². The molecule has 1 aliphatic heterocycles. The van der Waals surface area contributed by atoms with Crippen molar-refractivity contribution in [3.8, 4) is 0 Å². The average molecular weight is 130 g/mol. The summed E-state index contributed by atoms with van der Waals surface area (Å²) in [6.45, 7) is 2.07. The standard InChI is InChI=1S/C5H10N2O2/c8-7-5-1-3-9-4-2-6-5/h8H,1-4H2,(H,6,7). The fourth-order valence-corrected chi connectivity index (χ4v) is 0.712. The topological polar surface area (TPSA) is 53.9 Å². The minimum atomic E-state index is 0.618. The van der Waals surface area contributed by atoms with Gasteiger partial charge < -0.3 is 15.3 Å². The van der Waals surface area contributed by atoms with E-state index in [9.17, 15) is 0 Å². The van der Waals surface area contributed by atoms with Crippen molar-refractivity contribution >= 4 is 5.84 Å². The first-order valence-electron chi connectivity index (χ1n) is 2.96. The van der Waals surface area contributed by atoms with E-state index in [0.717, 1.165) is 6.54 Å². The Balaban J connectivity index is 2.36. The zero-order valence-corrected chi connectivity index (χ0v) is 5.13. The molecule has 0 amide bonds. The van der Waals surface area contributed by atoms with Gasteiger partial charge in [-0.1, -0.05) is 5.16 Å². The fraction of sp³-hybridized carbons (Fsp3) is 0.800. The summed E-state index contributed by atoms with van der Waals surface area (Å²) in [7, 11) is 0. The molecule has 4 heteroatoms. The second kappa shape index (κ2) is 3.29. The van der Waals surface area contributed by atoms with Gasteiger partial charge in [-0.15, -0.1) is 0 Å². The molecule has 0 bridgehead atoms. The van der Waals surface area contributed by atoms with Crippen molar-refractivity contribution in [2.24, 2.45) is 5.16 Å². The number of nitrogens with one attached hydrogen (secondary N) is 1.